The summed E-state index contributed by atoms with van der Waals surface area (Å²) < 4.78 is 52.3. The fraction of sp³-hybridized carbons (Fsp3) is 0.586. The maximum Gasteiger partial charge on any atom is 0.386 e. The topological polar surface area (TPSA) is 271 Å². The highest BCUT2D eigenvalue weighted by atomic mass is 32.7. The van der Waals surface area contributed by atoms with Gasteiger partial charge in [0.25, 0.3) is 0 Å². The van der Waals surface area contributed by atoms with Gasteiger partial charge in [-0.05, 0) is 43.1 Å². The Morgan fingerprint density at radius 2 is 1.75 bits per heavy atom. The normalized spacial score (nSPS) is 35.0. The van der Waals surface area contributed by atoms with Crippen LogP contribution in [0.4, 0.5) is 5.82 Å². The lowest BCUT2D eigenvalue weighted by molar-refractivity contribution is -0.121. The molecule has 0 saturated carbocycles. The molecule has 3 aliphatic heterocycles. The van der Waals surface area contributed by atoms with Crippen molar-refractivity contribution >= 4 is 71.4 Å². The second kappa shape index (κ2) is 14.5. The van der Waals surface area contributed by atoms with E-state index in [2.05, 4.69) is 37.2 Å². The summed E-state index contributed by atoms with van der Waals surface area (Å²) in [7, 11) is 0. The number of hydrogen-bond acceptors (Lipinski definition) is 18. The quantitative estimate of drug-likeness (QED) is 0.116. The van der Waals surface area contributed by atoms with E-state index in [4.69, 9.17) is 50.2 Å². The number of fused-ring (bicyclic) bond motifs is 4. The number of rotatable bonds is 6. The minimum absolute atomic E-state index is 0.00796. The molecule has 0 radical (unpaired) electrons. The summed E-state index contributed by atoms with van der Waals surface area (Å²) in [6, 6.07) is 0. The lowest BCUT2D eigenvalue weighted by Gasteiger charge is -2.27. The number of nitrogens with two attached hydrogens (primary N) is 1. The second-order valence-electron chi connectivity index (χ2n) is 13.1. The van der Waals surface area contributed by atoms with E-state index in [1.807, 2.05) is 6.20 Å². The SMILES string of the molecule is Nc1nc(CCC(=O)CO)nc2c1ncn2[C@@H]1O[C@@H]2COP(O)(=S)O[C@H]3[C@@H](O)[C@H](n4cc5c6c(ncnc64)CCCC5)O[C@@H]3COP(=O)(S)O[C@@H]1[C@@H]2O. The van der Waals surface area contributed by atoms with Crippen LogP contribution in [0.25, 0.3) is 22.2 Å². The Balaban J connectivity index is 1.09. The van der Waals surface area contributed by atoms with E-state index in [9.17, 15) is 24.5 Å². The van der Waals surface area contributed by atoms with Crippen molar-refractivity contribution in [2.75, 3.05) is 25.6 Å². The van der Waals surface area contributed by atoms with Gasteiger partial charge in [0.1, 0.15) is 66.5 Å². The van der Waals surface area contributed by atoms with E-state index < -0.39 is 88.2 Å². The van der Waals surface area contributed by atoms with E-state index in [0.717, 1.165) is 42.3 Å². The predicted octanol–water partition coefficient (Wildman–Crippen LogP) is 0.815. The van der Waals surface area contributed by atoms with Crippen molar-refractivity contribution in [3.05, 3.63) is 35.9 Å². The van der Waals surface area contributed by atoms with Crippen LogP contribution >= 0.6 is 25.8 Å². The first kappa shape index (κ1) is 37.4. The van der Waals surface area contributed by atoms with Crippen LogP contribution in [-0.4, -0.2) is 116 Å². The molecule has 1 aliphatic carbocycles. The van der Waals surface area contributed by atoms with E-state index >= 15 is 0 Å². The molecule has 4 aliphatic rings. The number of ketones is 1. The Labute approximate surface area is 310 Å². The van der Waals surface area contributed by atoms with E-state index in [-0.39, 0.29) is 35.6 Å². The van der Waals surface area contributed by atoms with Crippen LogP contribution in [0, 0.1) is 0 Å². The van der Waals surface area contributed by atoms with E-state index in [1.54, 1.807) is 4.57 Å². The Morgan fingerprint density at radius 3 is 2.57 bits per heavy atom. The van der Waals surface area contributed by atoms with Crippen molar-refractivity contribution in [3.63, 3.8) is 0 Å². The molecule has 4 aromatic rings. The number of nitrogens with zero attached hydrogens (tertiary/aromatic N) is 7. The molecule has 2 unspecified atom stereocenters. The van der Waals surface area contributed by atoms with Gasteiger partial charge in [-0.15, -0.1) is 0 Å². The number of ether oxygens (including phenoxy) is 2. The summed E-state index contributed by atoms with van der Waals surface area (Å²) in [5.74, 6) is -0.257. The molecule has 20 nitrogen and oxygen atoms in total. The molecule has 8 rings (SSSR count). The van der Waals surface area contributed by atoms with Crippen LogP contribution in [0.2, 0.25) is 0 Å². The van der Waals surface area contributed by atoms with Crippen LogP contribution in [0.15, 0.2) is 18.9 Å². The first-order valence-corrected chi connectivity index (χ1v) is 22.0. The highest BCUT2D eigenvalue weighted by molar-refractivity contribution is 8.44. The molecule has 286 valence electrons. The molecule has 0 aromatic carbocycles. The van der Waals surface area contributed by atoms with Gasteiger partial charge < -0.3 is 44.5 Å². The zero-order chi connectivity index (χ0) is 37.2. The van der Waals surface area contributed by atoms with Gasteiger partial charge in [0, 0.05) is 24.4 Å². The van der Waals surface area contributed by atoms with Crippen LogP contribution < -0.4 is 5.73 Å². The van der Waals surface area contributed by atoms with Gasteiger partial charge in [0.15, 0.2) is 29.7 Å². The molecule has 3 fully saturated rings. The lowest BCUT2D eigenvalue weighted by Crippen LogP contribution is -2.36. The Morgan fingerprint density at radius 1 is 0.981 bits per heavy atom. The minimum Gasteiger partial charge on any atom is -0.389 e. The van der Waals surface area contributed by atoms with Gasteiger partial charge in [0.05, 0.1) is 25.2 Å². The van der Waals surface area contributed by atoms with Crippen LogP contribution in [0.3, 0.4) is 0 Å². The monoisotopic (exact) mass is 814 g/mol. The predicted molar refractivity (Wildman–Crippen MR) is 189 cm³/mol. The molecule has 6 N–H and O–H groups in total. The van der Waals surface area contributed by atoms with Crippen LogP contribution in [-0.2, 0) is 68.0 Å². The van der Waals surface area contributed by atoms with Gasteiger partial charge in [-0.3, -0.25) is 22.9 Å². The van der Waals surface area contributed by atoms with Crippen molar-refractivity contribution in [2.45, 2.75) is 87.6 Å². The van der Waals surface area contributed by atoms with Crippen LogP contribution in [0.1, 0.15) is 48.8 Å². The average Bonchev–Trinajstić information content (AvgIpc) is 3.83. The summed E-state index contributed by atoms with van der Waals surface area (Å²) >= 11 is 9.54. The summed E-state index contributed by atoms with van der Waals surface area (Å²) in [6.45, 7) is -10.3. The largest absolute Gasteiger partial charge is 0.389 e. The number of aliphatic hydroxyl groups is 3. The van der Waals surface area contributed by atoms with E-state index in [1.165, 1.54) is 17.2 Å². The second-order valence-corrected chi connectivity index (χ2v) is 18.8. The Bertz CT molecular complexity index is 2160. The van der Waals surface area contributed by atoms with Gasteiger partial charge in [-0.2, -0.15) is 0 Å². The molecule has 0 spiro atoms. The maximum atomic E-state index is 13.9. The zero-order valence-corrected chi connectivity index (χ0v) is 31.2. The lowest BCUT2D eigenvalue weighted by atomic mass is 10.1. The highest BCUT2D eigenvalue weighted by Crippen LogP contribution is 2.58. The Hall–Kier alpha value is -2.53. The number of nitrogen functional groups attached to an aromatic ring is 1. The first-order chi connectivity index (χ1) is 25.3. The molecule has 10 atom stereocenters. The van der Waals surface area contributed by atoms with Gasteiger partial charge in [-0.1, -0.05) is 12.2 Å². The average molecular weight is 815 g/mol. The molecule has 7 heterocycles. The number of aliphatic hydroxyl groups excluding tert-OH is 3. The number of anilines is 1. The number of aryl methyl sites for hydroxylation is 3. The summed E-state index contributed by atoms with van der Waals surface area (Å²) in [6.07, 6.45) is -2.45. The van der Waals surface area contributed by atoms with Gasteiger partial charge >= 0.3 is 13.5 Å². The van der Waals surface area contributed by atoms with Gasteiger partial charge in [-0.25, -0.2) is 29.5 Å². The molecular weight excluding hydrogens is 778 g/mol. The van der Waals surface area contributed by atoms with Crippen molar-refractivity contribution in [3.8, 4) is 0 Å². The fourth-order valence-corrected chi connectivity index (χ4v) is 10.0. The minimum atomic E-state index is -4.38. The maximum absolute atomic E-state index is 13.9. The van der Waals surface area contributed by atoms with Crippen LogP contribution in [0.5, 0.6) is 0 Å². The molecule has 4 aromatic heterocycles. The van der Waals surface area contributed by atoms with Crippen molar-refractivity contribution < 1.29 is 57.1 Å². The summed E-state index contributed by atoms with van der Waals surface area (Å²) in [5, 5.41) is 33.0. The van der Waals surface area contributed by atoms with E-state index in [0.29, 0.717) is 5.65 Å². The summed E-state index contributed by atoms with van der Waals surface area (Å²) in [5.41, 5.74) is 8.89. The molecular formula is C29H36N8O12P2S2. The Kier molecular flexibility index (Phi) is 10.2. The third-order valence-electron chi connectivity index (χ3n) is 9.66. The summed E-state index contributed by atoms with van der Waals surface area (Å²) in [4.78, 5) is 44.9. The molecule has 2 bridgehead atoms. The van der Waals surface area contributed by atoms with Crippen molar-refractivity contribution in [1.82, 2.24) is 34.1 Å². The number of thiol groups is 1. The van der Waals surface area contributed by atoms with Crippen molar-refractivity contribution in [1.29, 1.82) is 0 Å². The number of carbonyl (C=O) groups excluding carboxylic acids is 1. The third kappa shape index (κ3) is 7.20. The smallest absolute Gasteiger partial charge is 0.386 e. The molecule has 3 saturated heterocycles. The fourth-order valence-electron chi connectivity index (χ4n) is 7.14. The van der Waals surface area contributed by atoms with Gasteiger partial charge in [0.2, 0.25) is 0 Å². The number of Topliss-reactive ketones (excluding diaryl/α,β-unsaturated/α-hetero) is 1. The molecule has 24 heteroatoms. The standard InChI is InChI=1S/C29H36N8O12P2S2/c30-25-20-27(35-18(34-25)6-5-14(39)8-38)37(12-33-20)29-24-21(40)16(46-29)9-44-50(42,52)48-23-17(10-45-51(43,53)49-24)47-28(22(23)41)36-7-13-3-1-2-4-15-19(13)26(36)32-11-31-15/h7,11-12,16-17,21-24,28-29,38,40-41H,1-6,8-10H2,(H,42,52)(H,43,53)(H2,30,34,35)/t16-,17-,21-,22-,23-,24-,28-,29-,50?,51?/m1/s1. The molecule has 53 heavy (non-hydrogen) atoms. The number of carbonyl (C=O) groups is 1. The van der Waals surface area contributed by atoms with Crippen molar-refractivity contribution in [2.24, 2.45) is 0 Å². The number of aromatic nitrogens is 7. The molecule has 0 amide bonds. The number of imidazole rings is 1. The third-order valence-corrected chi connectivity index (χ3v) is 12.8. The first-order valence-electron chi connectivity index (χ1n) is 16.8. The number of hydrogen-bond donors (Lipinski definition) is 6. The highest BCUT2D eigenvalue weighted by Gasteiger charge is 2.53. The zero-order valence-electron chi connectivity index (χ0n) is 27.7.